The number of carbonyl (C=O) groups is 1. The lowest BCUT2D eigenvalue weighted by molar-refractivity contribution is -0.142. The van der Waals surface area contributed by atoms with Crippen LogP contribution in [-0.4, -0.2) is 17.1 Å². The van der Waals surface area contributed by atoms with Crippen LogP contribution in [0, 0.1) is 0 Å². The maximum atomic E-state index is 11.8. The Labute approximate surface area is 94.6 Å². The van der Waals surface area contributed by atoms with E-state index < -0.39 is 24.9 Å². The van der Waals surface area contributed by atoms with Gasteiger partial charge < -0.3 is 5.32 Å². The molecule has 1 N–H and O–H groups in total. The summed E-state index contributed by atoms with van der Waals surface area (Å²) in [6, 6.07) is 2.85. The van der Waals surface area contributed by atoms with Crippen molar-refractivity contribution in [3.8, 4) is 0 Å². The van der Waals surface area contributed by atoms with Crippen LogP contribution in [0.1, 0.15) is 12.8 Å². The molecule has 16 heavy (non-hydrogen) atoms. The fourth-order valence-electron chi connectivity index (χ4n) is 0.934. The number of amides is 1. The number of halogens is 4. The van der Waals surface area contributed by atoms with Crippen molar-refractivity contribution in [2.75, 3.05) is 5.32 Å². The highest BCUT2D eigenvalue weighted by Crippen LogP contribution is 2.21. The lowest BCUT2D eigenvalue weighted by Gasteiger charge is -2.06. The first-order chi connectivity index (χ1) is 7.37. The number of nitrogens with zero attached hydrogens (tertiary/aromatic N) is 1. The van der Waals surface area contributed by atoms with Gasteiger partial charge >= 0.3 is 6.18 Å². The van der Waals surface area contributed by atoms with E-state index >= 15 is 0 Å². The normalized spacial score (nSPS) is 11.2. The fourth-order valence-corrected chi connectivity index (χ4v) is 1.09. The number of pyridine rings is 1. The zero-order valence-electron chi connectivity index (χ0n) is 8.01. The van der Waals surface area contributed by atoms with E-state index in [1.807, 2.05) is 0 Å². The lowest BCUT2D eigenvalue weighted by atomic mass is 10.3. The number of carbonyl (C=O) groups excluding carboxylic acids is 1. The van der Waals surface area contributed by atoms with Crippen molar-refractivity contribution in [3.05, 3.63) is 23.4 Å². The topological polar surface area (TPSA) is 42.0 Å². The monoisotopic (exact) mass is 252 g/mol. The Morgan fingerprint density at radius 3 is 2.75 bits per heavy atom. The average Bonchev–Trinajstić information content (AvgIpc) is 2.14. The van der Waals surface area contributed by atoms with E-state index in [1.54, 1.807) is 0 Å². The zero-order valence-corrected chi connectivity index (χ0v) is 8.77. The van der Waals surface area contributed by atoms with E-state index in [2.05, 4.69) is 10.3 Å². The molecule has 0 saturated carbocycles. The summed E-state index contributed by atoms with van der Waals surface area (Å²) in [7, 11) is 0. The molecule has 1 heterocycles. The second kappa shape index (κ2) is 5.16. The lowest BCUT2D eigenvalue weighted by Crippen LogP contribution is -2.17. The number of alkyl halides is 3. The largest absolute Gasteiger partial charge is 0.389 e. The maximum absolute atomic E-state index is 11.8. The van der Waals surface area contributed by atoms with Gasteiger partial charge in [-0.3, -0.25) is 4.79 Å². The summed E-state index contributed by atoms with van der Waals surface area (Å²) in [6.45, 7) is 0. The summed E-state index contributed by atoms with van der Waals surface area (Å²) in [5.41, 5.74) is 0. The number of rotatable bonds is 3. The van der Waals surface area contributed by atoms with E-state index in [0.717, 1.165) is 0 Å². The molecule has 0 unspecified atom stereocenters. The molecular weight excluding hydrogens is 245 g/mol. The van der Waals surface area contributed by atoms with Gasteiger partial charge in [0.1, 0.15) is 5.82 Å². The molecule has 0 aliphatic carbocycles. The van der Waals surface area contributed by atoms with E-state index in [9.17, 15) is 18.0 Å². The molecule has 1 amide bonds. The van der Waals surface area contributed by atoms with Gasteiger partial charge in [0.25, 0.3) is 0 Å². The van der Waals surface area contributed by atoms with E-state index in [4.69, 9.17) is 11.6 Å². The van der Waals surface area contributed by atoms with Crippen LogP contribution in [0.2, 0.25) is 5.02 Å². The summed E-state index contributed by atoms with van der Waals surface area (Å²) in [6.07, 6.45) is -4.77. The molecule has 0 radical (unpaired) electrons. The third-order valence-electron chi connectivity index (χ3n) is 1.63. The molecular formula is C9H8ClF3N2O. The van der Waals surface area contributed by atoms with Crippen molar-refractivity contribution in [1.29, 1.82) is 0 Å². The summed E-state index contributed by atoms with van der Waals surface area (Å²) < 4.78 is 35.4. The SMILES string of the molecule is O=C(CCC(F)(F)F)Nc1cc(Cl)ccn1. The van der Waals surface area contributed by atoms with Gasteiger partial charge in [-0.05, 0) is 12.1 Å². The highest BCUT2D eigenvalue weighted by atomic mass is 35.5. The molecule has 88 valence electrons. The van der Waals surface area contributed by atoms with Crippen molar-refractivity contribution in [1.82, 2.24) is 4.98 Å². The van der Waals surface area contributed by atoms with Crippen LogP contribution < -0.4 is 5.32 Å². The quantitative estimate of drug-likeness (QED) is 0.898. The van der Waals surface area contributed by atoms with Gasteiger partial charge in [0.2, 0.25) is 5.91 Å². The Bertz CT molecular complexity index is 381. The van der Waals surface area contributed by atoms with E-state index in [-0.39, 0.29) is 5.82 Å². The number of anilines is 1. The van der Waals surface area contributed by atoms with Gasteiger partial charge in [-0.1, -0.05) is 11.6 Å². The minimum absolute atomic E-state index is 0.139. The summed E-state index contributed by atoms with van der Waals surface area (Å²) in [4.78, 5) is 14.8. The Kier molecular flexibility index (Phi) is 4.12. The molecule has 0 saturated heterocycles. The first-order valence-electron chi connectivity index (χ1n) is 4.35. The molecule has 0 aromatic carbocycles. The van der Waals surface area contributed by atoms with Gasteiger partial charge in [-0.2, -0.15) is 13.2 Å². The molecule has 0 bridgehead atoms. The van der Waals surface area contributed by atoms with Crippen LogP contribution in [0.25, 0.3) is 0 Å². The van der Waals surface area contributed by atoms with Crippen molar-refractivity contribution in [2.24, 2.45) is 0 Å². The van der Waals surface area contributed by atoms with E-state index in [0.29, 0.717) is 5.02 Å². The number of hydrogen-bond acceptors (Lipinski definition) is 2. The van der Waals surface area contributed by atoms with Gasteiger partial charge in [-0.25, -0.2) is 4.98 Å². The molecule has 0 aliphatic rings. The predicted molar refractivity (Wildman–Crippen MR) is 53.2 cm³/mol. The maximum Gasteiger partial charge on any atom is 0.389 e. The number of hydrogen-bond donors (Lipinski definition) is 1. The Morgan fingerprint density at radius 2 is 2.19 bits per heavy atom. The summed E-state index contributed by atoms with van der Waals surface area (Å²) in [5.74, 6) is -0.605. The molecule has 0 spiro atoms. The van der Waals surface area contributed by atoms with E-state index in [1.165, 1.54) is 18.3 Å². The van der Waals surface area contributed by atoms with Gasteiger partial charge in [0.05, 0.1) is 6.42 Å². The molecule has 1 rings (SSSR count). The van der Waals surface area contributed by atoms with Crippen LogP contribution in [0.3, 0.4) is 0 Å². The van der Waals surface area contributed by atoms with Crippen LogP contribution >= 0.6 is 11.6 Å². The number of nitrogens with one attached hydrogen (secondary N) is 1. The molecule has 1 aromatic rings. The predicted octanol–water partition coefficient (Wildman–Crippen LogP) is 3.02. The first kappa shape index (κ1) is 12.8. The van der Waals surface area contributed by atoms with Crippen LogP contribution in [0.15, 0.2) is 18.3 Å². The first-order valence-corrected chi connectivity index (χ1v) is 4.73. The molecule has 0 atom stereocenters. The highest BCUT2D eigenvalue weighted by Gasteiger charge is 2.27. The minimum atomic E-state index is -4.33. The van der Waals surface area contributed by atoms with Crippen molar-refractivity contribution >= 4 is 23.3 Å². The average molecular weight is 253 g/mol. The third-order valence-corrected chi connectivity index (χ3v) is 1.86. The summed E-state index contributed by atoms with van der Waals surface area (Å²) >= 11 is 5.61. The Morgan fingerprint density at radius 1 is 1.50 bits per heavy atom. The number of aromatic nitrogens is 1. The molecule has 7 heteroatoms. The third kappa shape index (κ3) is 4.97. The van der Waals surface area contributed by atoms with Crippen molar-refractivity contribution < 1.29 is 18.0 Å². The minimum Gasteiger partial charge on any atom is -0.311 e. The molecule has 3 nitrogen and oxygen atoms in total. The molecule has 0 aliphatic heterocycles. The van der Waals surface area contributed by atoms with Crippen LogP contribution in [0.4, 0.5) is 19.0 Å². The Balaban J connectivity index is 2.46. The summed E-state index contributed by atoms with van der Waals surface area (Å²) in [5, 5.41) is 2.57. The Hall–Kier alpha value is -1.30. The van der Waals surface area contributed by atoms with Crippen LogP contribution in [0.5, 0.6) is 0 Å². The second-order valence-corrected chi connectivity index (χ2v) is 3.46. The van der Waals surface area contributed by atoms with Crippen molar-refractivity contribution in [3.63, 3.8) is 0 Å². The smallest absolute Gasteiger partial charge is 0.311 e. The van der Waals surface area contributed by atoms with Crippen molar-refractivity contribution in [2.45, 2.75) is 19.0 Å². The standard InChI is InChI=1S/C9H8ClF3N2O/c10-6-2-4-14-7(5-6)15-8(16)1-3-9(11,12)13/h2,4-5H,1,3H2,(H,14,15,16). The molecule has 0 fully saturated rings. The molecule has 1 aromatic heterocycles. The van der Waals surface area contributed by atoms with Gasteiger partial charge in [-0.15, -0.1) is 0 Å². The van der Waals surface area contributed by atoms with Crippen LogP contribution in [-0.2, 0) is 4.79 Å². The van der Waals surface area contributed by atoms with Gasteiger partial charge in [0, 0.05) is 17.6 Å². The zero-order chi connectivity index (χ0) is 12.2. The highest BCUT2D eigenvalue weighted by molar-refractivity contribution is 6.30. The fraction of sp³-hybridized carbons (Fsp3) is 0.333. The second-order valence-electron chi connectivity index (χ2n) is 3.02. The van der Waals surface area contributed by atoms with Gasteiger partial charge in [0.15, 0.2) is 0 Å².